The first-order valence-corrected chi connectivity index (χ1v) is 7.22. The number of thiazole rings is 1. The molecule has 0 saturated heterocycles. The quantitative estimate of drug-likeness (QED) is 0.790. The van der Waals surface area contributed by atoms with Gasteiger partial charge < -0.3 is 9.88 Å². The van der Waals surface area contributed by atoms with Crippen LogP contribution in [0.2, 0.25) is 0 Å². The van der Waals surface area contributed by atoms with Crippen molar-refractivity contribution in [3.8, 4) is 0 Å². The van der Waals surface area contributed by atoms with Gasteiger partial charge in [-0.2, -0.15) is 0 Å². The molecule has 1 aromatic carbocycles. The number of aromatic nitrogens is 2. The number of rotatable bonds is 4. The van der Waals surface area contributed by atoms with E-state index >= 15 is 0 Å². The van der Waals surface area contributed by atoms with Crippen molar-refractivity contribution in [2.75, 3.05) is 7.05 Å². The minimum absolute atomic E-state index is 0.898. The molecule has 0 amide bonds. The number of nitrogens with zero attached hydrogens (tertiary/aromatic N) is 2. The molecule has 0 unspecified atom stereocenters. The Kier molecular flexibility index (Phi) is 3.36. The van der Waals surface area contributed by atoms with Gasteiger partial charge in [0.25, 0.3) is 0 Å². The average Bonchev–Trinajstić information content (AvgIpc) is 2.97. The highest BCUT2D eigenvalue weighted by Gasteiger charge is 2.08. The summed E-state index contributed by atoms with van der Waals surface area (Å²) in [6.07, 6.45) is 4.22. The molecular formula is C15H17N3S. The second kappa shape index (κ2) is 5.15. The Balaban J connectivity index is 2.03. The zero-order valence-corrected chi connectivity index (χ0v) is 12.0. The summed E-state index contributed by atoms with van der Waals surface area (Å²) in [6, 6.07) is 8.57. The second-order valence-electron chi connectivity index (χ2n) is 4.68. The number of benzene rings is 1. The van der Waals surface area contributed by atoms with Crippen LogP contribution in [-0.4, -0.2) is 16.6 Å². The smallest absolute Gasteiger partial charge is 0.0897 e. The lowest BCUT2D eigenvalue weighted by atomic mass is 10.2. The Bertz CT molecular complexity index is 696. The van der Waals surface area contributed by atoms with Crippen molar-refractivity contribution < 1.29 is 0 Å². The maximum Gasteiger partial charge on any atom is 0.0897 e. The predicted molar refractivity (Wildman–Crippen MR) is 80.7 cm³/mol. The first-order valence-electron chi connectivity index (χ1n) is 6.40. The highest BCUT2D eigenvalue weighted by molar-refractivity contribution is 7.11. The van der Waals surface area contributed by atoms with Crippen LogP contribution in [-0.2, 0) is 13.1 Å². The van der Waals surface area contributed by atoms with Gasteiger partial charge in [0, 0.05) is 34.7 Å². The summed E-state index contributed by atoms with van der Waals surface area (Å²) in [4.78, 5) is 5.63. The van der Waals surface area contributed by atoms with Gasteiger partial charge in [-0.3, -0.25) is 0 Å². The van der Waals surface area contributed by atoms with Crippen LogP contribution >= 0.6 is 11.3 Å². The van der Waals surface area contributed by atoms with Gasteiger partial charge in [-0.25, -0.2) is 4.98 Å². The van der Waals surface area contributed by atoms with Gasteiger partial charge in [0.1, 0.15) is 0 Å². The van der Waals surface area contributed by atoms with E-state index in [1.165, 1.54) is 21.3 Å². The van der Waals surface area contributed by atoms with Gasteiger partial charge in [0.2, 0.25) is 0 Å². The summed E-state index contributed by atoms with van der Waals surface area (Å²) in [5, 5.41) is 5.69. The molecule has 3 aromatic rings. The molecule has 0 radical (unpaired) electrons. The van der Waals surface area contributed by atoms with Crippen molar-refractivity contribution in [3.63, 3.8) is 0 Å². The molecule has 3 nitrogen and oxygen atoms in total. The lowest BCUT2D eigenvalue weighted by molar-refractivity contribution is 0.799. The SMILES string of the molecule is CNCc1cn(Cc2cnc(C)s2)c2ccccc12. The standard InChI is InChI=1S/C15H17N3S/c1-11-17-8-13(19-11)10-18-9-12(7-16-2)14-5-3-4-6-15(14)18/h3-6,8-9,16H,7,10H2,1-2H3. The van der Waals surface area contributed by atoms with Crippen LogP contribution in [0.25, 0.3) is 10.9 Å². The highest BCUT2D eigenvalue weighted by atomic mass is 32.1. The molecule has 0 aliphatic rings. The minimum Gasteiger partial charge on any atom is -0.342 e. The van der Waals surface area contributed by atoms with Crippen molar-refractivity contribution in [2.45, 2.75) is 20.0 Å². The fourth-order valence-electron chi connectivity index (χ4n) is 2.43. The molecule has 0 aliphatic carbocycles. The molecule has 0 aliphatic heterocycles. The topological polar surface area (TPSA) is 29.9 Å². The van der Waals surface area contributed by atoms with Crippen molar-refractivity contribution in [1.29, 1.82) is 0 Å². The molecule has 0 saturated carbocycles. The Labute approximate surface area is 116 Å². The van der Waals surface area contributed by atoms with E-state index in [1.807, 2.05) is 20.2 Å². The Morgan fingerprint density at radius 1 is 1.32 bits per heavy atom. The maximum absolute atomic E-state index is 4.33. The normalized spacial score (nSPS) is 11.3. The van der Waals surface area contributed by atoms with Crippen LogP contribution < -0.4 is 5.32 Å². The van der Waals surface area contributed by atoms with E-state index in [4.69, 9.17) is 0 Å². The third-order valence-corrected chi connectivity index (χ3v) is 4.13. The van der Waals surface area contributed by atoms with Crippen LogP contribution in [0.5, 0.6) is 0 Å². The van der Waals surface area contributed by atoms with Gasteiger partial charge in [0.15, 0.2) is 0 Å². The van der Waals surface area contributed by atoms with E-state index in [0.717, 1.165) is 18.1 Å². The van der Waals surface area contributed by atoms with Crippen LogP contribution in [0.3, 0.4) is 0 Å². The van der Waals surface area contributed by atoms with E-state index in [0.29, 0.717) is 0 Å². The zero-order chi connectivity index (χ0) is 13.2. The molecule has 2 aromatic heterocycles. The minimum atomic E-state index is 0.898. The number of aryl methyl sites for hydroxylation is 1. The molecule has 2 heterocycles. The van der Waals surface area contributed by atoms with Crippen LogP contribution in [0.15, 0.2) is 36.7 Å². The molecule has 4 heteroatoms. The summed E-state index contributed by atoms with van der Waals surface area (Å²) in [6.45, 7) is 3.85. The predicted octanol–water partition coefficient (Wildman–Crippen LogP) is 3.17. The average molecular weight is 271 g/mol. The van der Waals surface area contributed by atoms with Gasteiger partial charge in [-0.15, -0.1) is 11.3 Å². The van der Waals surface area contributed by atoms with Crippen molar-refractivity contribution >= 4 is 22.2 Å². The Morgan fingerprint density at radius 3 is 2.89 bits per heavy atom. The van der Waals surface area contributed by atoms with Crippen LogP contribution in [0.4, 0.5) is 0 Å². The van der Waals surface area contributed by atoms with Crippen molar-refractivity contribution in [1.82, 2.24) is 14.9 Å². The number of para-hydroxylation sites is 1. The van der Waals surface area contributed by atoms with Crippen LogP contribution in [0, 0.1) is 6.92 Å². The van der Waals surface area contributed by atoms with Gasteiger partial charge >= 0.3 is 0 Å². The molecule has 0 spiro atoms. The number of hydrogen-bond donors (Lipinski definition) is 1. The lowest BCUT2D eigenvalue weighted by Gasteiger charge is -2.02. The largest absolute Gasteiger partial charge is 0.342 e. The summed E-state index contributed by atoms with van der Waals surface area (Å²) >= 11 is 1.77. The first kappa shape index (κ1) is 12.4. The summed E-state index contributed by atoms with van der Waals surface area (Å²) in [7, 11) is 1.98. The molecule has 0 bridgehead atoms. The van der Waals surface area contributed by atoms with Gasteiger partial charge in [-0.05, 0) is 25.6 Å². The number of nitrogens with one attached hydrogen (secondary N) is 1. The summed E-state index contributed by atoms with van der Waals surface area (Å²) < 4.78 is 2.31. The number of hydrogen-bond acceptors (Lipinski definition) is 3. The third-order valence-electron chi connectivity index (χ3n) is 3.23. The first-order chi connectivity index (χ1) is 9.28. The van der Waals surface area contributed by atoms with E-state index in [2.05, 4.69) is 45.3 Å². The monoisotopic (exact) mass is 271 g/mol. The maximum atomic E-state index is 4.33. The summed E-state index contributed by atoms with van der Waals surface area (Å²) in [5.74, 6) is 0. The van der Waals surface area contributed by atoms with E-state index in [-0.39, 0.29) is 0 Å². The molecule has 19 heavy (non-hydrogen) atoms. The summed E-state index contributed by atoms with van der Waals surface area (Å²) in [5.41, 5.74) is 2.64. The third kappa shape index (κ3) is 2.41. The fraction of sp³-hybridized carbons (Fsp3) is 0.267. The lowest BCUT2D eigenvalue weighted by Crippen LogP contribution is -2.04. The van der Waals surface area contributed by atoms with E-state index < -0.39 is 0 Å². The second-order valence-corrected chi connectivity index (χ2v) is 5.99. The van der Waals surface area contributed by atoms with Gasteiger partial charge in [-0.1, -0.05) is 18.2 Å². The fourth-order valence-corrected chi connectivity index (χ4v) is 3.23. The molecule has 98 valence electrons. The molecule has 3 rings (SSSR count). The Hall–Kier alpha value is -1.65. The molecule has 1 N–H and O–H groups in total. The van der Waals surface area contributed by atoms with Crippen LogP contribution in [0.1, 0.15) is 15.4 Å². The van der Waals surface area contributed by atoms with Crippen molar-refractivity contribution in [2.24, 2.45) is 0 Å². The van der Waals surface area contributed by atoms with Crippen molar-refractivity contribution in [3.05, 3.63) is 52.1 Å². The highest BCUT2D eigenvalue weighted by Crippen LogP contribution is 2.23. The molecule has 0 atom stereocenters. The van der Waals surface area contributed by atoms with E-state index in [9.17, 15) is 0 Å². The number of fused-ring (bicyclic) bond motifs is 1. The molecule has 0 fully saturated rings. The molecular weight excluding hydrogens is 254 g/mol. The Morgan fingerprint density at radius 2 is 2.16 bits per heavy atom. The van der Waals surface area contributed by atoms with Gasteiger partial charge in [0.05, 0.1) is 11.6 Å². The zero-order valence-electron chi connectivity index (χ0n) is 11.2. The van der Waals surface area contributed by atoms with E-state index in [1.54, 1.807) is 11.3 Å².